The second kappa shape index (κ2) is 22.4. The molecular formula is C50H44F10N6O12S2. The van der Waals surface area contributed by atoms with Crippen LogP contribution in [0.4, 0.5) is 55.3 Å². The molecule has 18 nitrogen and oxygen atoms in total. The Balaban J connectivity index is 0.000000194. The molecule has 4 aromatic carbocycles. The number of methoxy groups -OCH3 is 2. The monoisotopic (exact) mass is 1170 g/mol. The molecule has 4 saturated heterocycles. The summed E-state index contributed by atoms with van der Waals surface area (Å²) in [5.41, 5.74) is -4.99. The molecule has 4 fully saturated rings. The number of sulfonamides is 2. The Labute approximate surface area is 448 Å². The highest BCUT2D eigenvalue weighted by atomic mass is 32.2. The van der Waals surface area contributed by atoms with E-state index in [-0.39, 0.29) is 73.3 Å². The van der Waals surface area contributed by atoms with E-state index < -0.39 is 150 Å². The average molecular weight is 1180 g/mol. The third kappa shape index (κ3) is 11.6. The minimum Gasteiger partial charge on any atom is -0.495 e. The fourth-order valence-electron chi connectivity index (χ4n) is 9.97. The number of nitrogens with zero attached hydrogens (tertiary/aromatic N) is 6. The van der Waals surface area contributed by atoms with E-state index >= 15 is 8.78 Å². The molecule has 0 aliphatic carbocycles. The maximum absolute atomic E-state index is 15.4. The van der Waals surface area contributed by atoms with Gasteiger partial charge in [0.15, 0.2) is 0 Å². The Morgan fingerprint density at radius 2 is 0.963 bits per heavy atom. The van der Waals surface area contributed by atoms with Gasteiger partial charge in [0.2, 0.25) is 20.0 Å². The van der Waals surface area contributed by atoms with Gasteiger partial charge in [-0.2, -0.15) is 35.0 Å². The highest BCUT2D eigenvalue weighted by Crippen LogP contribution is 2.45. The van der Waals surface area contributed by atoms with Gasteiger partial charge in [-0.3, -0.25) is 9.59 Å². The number of alkyl halides is 6. The molecule has 4 atom stereocenters. The van der Waals surface area contributed by atoms with Crippen LogP contribution in [0.2, 0.25) is 0 Å². The van der Waals surface area contributed by atoms with Crippen molar-refractivity contribution in [2.24, 2.45) is 0 Å². The van der Waals surface area contributed by atoms with E-state index in [2.05, 4.69) is 19.4 Å². The first-order valence-electron chi connectivity index (χ1n) is 23.9. The predicted octanol–water partition coefficient (Wildman–Crippen LogP) is 7.97. The minimum absolute atomic E-state index is 0.0207. The van der Waals surface area contributed by atoms with Crippen LogP contribution in [0, 0.1) is 23.3 Å². The van der Waals surface area contributed by atoms with Crippen LogP contribution in [0.5, 0.6) is 11.5 Å². The van der Waals surface area contributed by atoms with E-state index in [1.54, 1.807) is 0 Å². The average Bonchev–Trinajstić information content (AvgIpc) is 4.15. The Morgan fingerprint density at radius 3 is 1.30 bits per heavy atom. The van der Waals surface area contributed by atoms with Gasteiger partial charge in [-0.25, -0.2) is 34.4 Å². The summed E-state index contributed by atoms with van der Waals surface area (Å²) < 4.78 is 225. The summed E-state index contributed by atoms with van der Waals surface area (Å²) >= 11 is 0. The normalized spacial score (nSPS) is 20.4. The number of halogens is 10. The number of piperidine rings is 2. The molecule has 30 heteroatoms. The lowest BCUT2D eigenvalue weighted by molar-refractivity contribution is -0.140. The molecule has 10 rings (SSSR count). The molecule has 6 aromatic rings. The summed E-state index contributed by atoms with van der Waals surface area (Å²) in [6, 6.07) is 10.3. The zero-order valence-corrected chi connectivity index (χ0v) is 43.3. The number of benzene rings is 4. The van der Waals surface area contributed by atoms with E-state index in [0.717, 1.165) is 48.5 Å². The fraction of sp³-hybridized carbons (Fsp3) is 0.360. The molecule has 2 amide bonds. The fourth-order valence-corrected chi connectivity index (χ4v) is 12.9. The summed E-state index contributed by atoms with van der Waals surface area (Å²) in [4.78, 5) is 28.4. The van der Waals surface area contributed by atoms with Crippen LogP contribution in [-0.4, -0.2) is 125 Å². The van der Waals surface area contributed by atoms with Crippen LogP contribution in [-0.2, 0) is 63.0 Å². The SMILES string of the molecule is COc1cc(-c2cccc(C(F)(F)F)c2F)c(F)cc1N1C(=O)CO[C@@H]2CN(S(=O)(=O)Cc3ccon3)CC[C@H]21.COc1cc(-c2cccc(C(F)(F)F)c2F)c(F)cc1N1C(=O)CO[C@H]2CN(S(=O)(=O)Cc3ccon3)CC[C@@H]21. The zero-order valence-electron chi connectivity index (χ0n) is 41.6. The minimum atomic E-state index is -4.99. The Bertz CT molecular complexity index is 3290. The standard InChI is InChI=1S/2C25H22F5N3O6S/c2*1-37-21-9-16(15-3-2-4-17(24(15)27)25(28,29)30)18(26)10-20(21)33-19-5-7-32(11-22(19)38-12-23(33)34)40(35,36)13-14-6-8-39-31-14/h2*2-4,6,8-10,19,22H,5,7,11-13H2,1H3/t2*19-,22-/m10/s1. The molecule has 80 heavy (non-hydrogen) atoms. The maximum Gasteiger partial charge on any atom is 0.419 e. The first kappa shape index (κ1) is 57.6. The second-order valence-corrected chi connectivity index (χ2v) is 22.4. The van der Waals surface area contributed by atoms with Crippen LogP contribution in [0.3, 0.4) is 0 Å². The van der Waals surface area contributed by atoms with Gasteiger partial charge in [0.1, 0.15) is 72.0 Å². The number of hydrogen-bond donors (Lipinski definition) is 0. The number of hydrogen-bond acceptors (Lipinski definition) is 14. The third-order valence-electron chi connectivity index (χ3n) is 13.7. The number of fused-ring (bicyclic) bond motifs is 2. The number of anilines is 2. The van der Waals surface area contributed by atoms with E-state index in [4.69, 9.17) is 18.9 Å². The molecule has 0 spiro atoms. The maximum atomic E-state index is 15.4. The van der Waals surface area contributed by atoms with E-state index in [9.17, 15) is 61.5 Å². The van der Waals surface area contributed by atoms with Gasteiger partial charge in [0.05, 0.1) is 72.4 Å². The van der Waals surface area contributed by atoms with E-state index in [1.807, 2.05) is 0 Å². The van der Waals surface area contributed by atoms with Crippen molar-refractivity contribution < 1.29 is 98.3 Å². The van der Waals surface area contributed by atoms with Gasteiger partial charge >= 0.3 is 12.4 Å². The van der Waals surface area contributed by atoms with Crippen molar-refractivity contribution in [3.05, 3.63) is 131 Å². The molecule has 428 valence electrons. The Kier molecular flexibility index (Phi) is 16.1. The molecule has 0 bridgehead atoms. The summed E-state index contributed by atoms with van der Waals surface area (Å²) in [6.45, 7) is -1.01. The summed E-state index contributed by atoms with van der Waals surface area (Å²) in [6.07, 6.45) is -8.76. The van der Waals surface area contributed by atoms with Crippen molar-refractivity contribution in [3.63, 3.8) is 0 Å². The Morgan fingerprint density at radius 1 is 0.575 bits per heavy atom. The third-order valence-corrected chi connectivity index (χ3v) is 17.2. The zero-order chi connectivity index (χ0) is 57.6. The molecule has 0 radical (unpaired) electrons. The summed E-state index contributed by atoms with van der Waals surface area (Å²) in [5.74, 6) is -7.56. The van der Waals surface area contributed by atoms with Crippen LogP contribution in [0.15, 0.2) is 94.4 Å². The molecule has 0 saturated carbocycles. The lowest BCUT2D eigenvalue weighted by Gasteiger charge is -2.46. The van der Waals surface area contributed by atoms with Gasteiger partial charge < -0.3 is 37.8 Å². The highest BCUT2D eigenvalue weighted by Gasteiger charge is 2.47. The van der Waals surface area contributed by atoms with Crippen molar-refractivity contribution in [2.75, 3.05) is 63.4 Å². The Hall–Kier alpha value is -7.12. The topological polar surface area (TPSA) is 204 Å². The number of amides is 2. The number of aromatic nitrogens is 2. The van der Waals surface area contributed by atoms with Crippen LogP contribution in [0.1, 0.15) is 35.4 Å². The van der Waals surface area contributed by atoms with Gasteiger partial charge in [-0.1, -0.05) is 34.6 Å². The first-order valence-corrected chi connectivity index (χ1v) is 27.1. The number of rotatable bonds is 12. The van der Waals surface area contributed by atoms with E-state index in [0.29, 0.717) is 12.1 Å². The molecule has 0 unspecified atom stereocenters. The van der Waals surface area contributed by atoms with Crippen molar-refractivity contribution in [1.82, 2.24) is 18.9 Å². The number of morpholine rings is 2. The van der Waals surface area contributed by atoms with Crippen molar-refractivity contribution in [1.29, 1.82) is 0 Å². The van der Waals surface area contributed by atoms with Gasteiger partial charge in [-0.05, 0) is 37.1 Å². The summed E-state index contributed by atoms with van der Waals surface area (Å²) in [5, 5.41) is 7.25. The van der Waals surface area contributed by atoms with Crippen molar-refractivity contribution in [3.8, 4) is 33.8 Å². The van der Waals surface area contributed by atoms with Crippen LogP contribution >= 0.6 is 0 Å². The first-order chi connectivity index (χ1) is 37.8. The highest BCUT2D eigenvalue weighted by molar-refractivity contribution is 7.88. The molecule has 4 aliphatic heterocycles. The largest absolute Gasteiger partial charge is 0.495 e. The summed E-state index contributed by atoms with van der Waals surface area (Å²) in [7, 11) is -5.17. The number of carbonyl (C=O) groups excluding carboxylic acids is 2. The molecule has 2 aromatic heterocycles. The predicted molar refractivity (Wildman–Crippen MR) is 259 cm³/mol. The van der Waals surface area contributed by atoms with Crippen molar-refractivity contribution in [2.45, 2.75) is 61.0 Å². The number of ether oxygens (including phenoxy) is 4. The quantitative estimate of drug-likeness (QED) is 0.107. The van der Waals surface area contributed by atoms with Crippen molar-refractivity contribution >= 4 is 43.2 Å². The van der Waals surface area contributed by atoms with Gasteiger partial charge in [-0.15, -0.1) is 0 Å². The van der Waals surface area contributed by atoms with E-state index in [1.165, 1.54) is 57.3 Å². The molecular weight excluding hydrogens is 1130 g/mol. The second-order valence-electron chi connectivity index (χ2n) is 18.5. The number of carbonyl (C=O) groups is 2. The lowest BCUT2D eigenvalue weighted by atomic mass is 9.96. The molecule has 0 N–H and O–H groups in total. The molecule has 4 aliphatic rings. The van der Waals surface area contributed by atoms with Crippen LogP contribution < -0.4 is 19.3 Å². The van der Waals surface area contributed by atoms with Crippen LogP contribution in [0.25, 0.3) is 22.3 Å². The molecule has 6 heterocycles. The smallest absolute Gasteiger partial charge is 0.419 e. The lowest BCUT2D eigenvalue weighted by Crippen LogP contribution is -2.62. The van der Waals surface area contributed by atoms with Gasteiger partial charge in [0, 0.05) is 72.7 Å². The van der Waals surface area contributed by atoms with Gasteiger partial charge in [0.25, 0.3) is 11.8 Å².